The van der Waals surface area contributed by atoms with Crippen molar-refractivity contribution >= 4 is 23.2 Å². The number of rotatable bonds is 6. The maximum Gasteiger partial charge on any atom is 0.306 e. The van der Waals surface area contributed by atoms with E-state index in [4.69, 9.17) is 25.8 Å². The molecule has 8 nitrogen and oxygen atoms in total. The van der Waals surface area contributed by atoms with Crippen LogP contribution in [0.25, 0.3) is 5.65 Å². The van der Waals surface area contributed by atoms with E-state index >= 15 is 0 Å². The first-order chi connectivity index (χ1) is 13.9. The second-order valence-electron chi connectivity index (χ2n) is 6.18. The molecule has 0 bridgehead atoms. The van der Waals surface area contributed by atoms with Crippen LogP contribution in [0, 0.1) is 0 Å². The summed E-state index contributed by atoms with van der Waals surface area (Å²) in [7, 11) is 4.22. The highest BCUT2D eigenvalue weighted by molar-refractivity contribution is 6.30. The van der Waals surface area contributed by atoms with Crippen molar-refractivity contribution in [3.63, 3.8) is 0 Å². The van der Waals surface area contributed by atoms with E-state index in [2.05, 4.69) is 4.98 Å². The van der Waals surface area contributed by atoms with Crippen LogP contribution in [0.1, 0.15) is 23.5 Å². The fraction of sp³-hybridized carbons (Fsp3) is 0.250. The summed E-state index contributed by atoms with van der Waals surface area (Å²) in [5.74, 6) is -0.965. The molecule has 29 heavy (non-hydrogen) atoms. The molecule has 3 rings (SSSR count). The molecule has 1 atom stereocenters. The van der Waals surface area contributed by atoms with Crippen molar-refractivity contribution in [2.45, 2.75) is 12.3 Å². The molecule has 0 fully saturated rings. The van der Waals surface area contributed by atoms with Crippen molar-refractivity contribution in [2.24, 2.45) is 0 Å². The van der Waals surface area contributed by atoms with Crippen molar-refractivity contribution in [2.75, 3.05) is 21.3 Å². The maximum absolute atomic E-state index is 13.2. The van der Waals surface area contributed by atoms with Crippen LogP contribution in [0.15, 0.2) is 41.3 Å². The fourth-order valence-electron chi connectivity index (χ4n) is 3.13. The summed E-state index contributed by atoms with van der Waals surface area (Å²) in [6, 6.07) is 8.04. The van der Waals surface area contributed by atoms with Gasteiger partial charge >= 0.3 is 5.97 Å². The van der Waals surface area contributed by atoms with Gasteiger partial charge in [0.25, 0.3) is 5.56 Å². The summed E-state index contributed by atoms with van der Waals surface area (Å²) in [5, 5.41) is 10.9. The van der Waals surface area contributed by atoms with E-state index in [1.807, 2.05) is 0 Å². The number of methoxy groups -OCH3 is 3. The molecule has 0 saturated carbocycles. The number of hydrogen-bond acceptors (Lipinski definition) is 7. The SMILES string of the molecule is COC(=O)CC(c1ccc(OC)c(OC)c1)c1c(O)nc2ccc(Cl)cn2c1=O. The van der Waals surface area contributed by atoms with Crippen molar-refractivity contribution in [1.29, 1.82) is 0 Å². The third-order valence-electron chi connectivity index (χ3n) is 4.56. The van der Waals surface area contributed by atoms with Crippen LogP contribution in [0.3, 0.4) is 0 Å². The highest BCUT2D eigenvalue weighted by atomic mass is 35.5. The number of aromatic nitrogens is 2. The van der Waals surface area contributed by atoms with Crippen LogP contribution < -0.4 is 15.0 Å². The van der Waals surface area contributed by atoms with E-state index in [0.29, 0.717) is 22.1 Å². The van der Waals surface area contributed by atoms with Crippen LogP contribution in [-0.2, 0) is 9.53 Å². The third-order valence-corrected chi connectivity index (χ3v) is 4.78. The normalized spacial score (nSPS) is 11.9. The van der Waals surface area contributed by atoms with Crippen LogP contribution in [0.4, 0.5) is 0 Å². The van der Waals surface area contributed by atoms with E-state index in [1.165, 1.54) is 38.0 Å². The molecule has 2 heterocycles. The van der Waals surface area contributed by atoms with Gasteiger partial charge in [0, 0.05) is 12.1 Å². The van der Waals surface area contributed by atoms with Gasteiger partial charge in [0.05, 0.1) is 38.3 Å². The molecule has 1 N–H and O–H groups in total. The fourth-order valence-corrected chi connectivity index (χ4v) is 3.29. The lowest BCUT2D eigenvalue weighted by Crippen LogP contribution is -2.24. The zero-order valence-corrected chi connectivity index (χ0v) is 16.8. The van der Waals surface area contributed by atoms with Gasteiger partial charge in [-0.15, -0.1) is 0 Å². The van der Waals surface area contributed by atoms with Gasteiger partial charge in [0.15, 0.2) is 11.5 Å². The number of benzene rings is 1. The van der Waals surface area contributed by atoms with Crippen LogP contribution in [0.2, 0.25) is 5.02 Å². The summed E-state index contributed by atoms with van der Waals surface area (Å²) in [6.45, 7) is 0. The number of fused-ring (bicyclic) bond motifs is 1. The minimum absolute atomic E-state index is 0.0533. The third kappa shape index (κ3) is 3.97. The molecule has 1 aromatic carbocycles. The Balaban J connectivity index is 2.25. The number of pyridine rings is 1. The Morgan fingerprint density at radius 3 is 2.55 bits per heavy atom. The maximum atomic E-state index is 13.2. The van der Waals surface area contributed by atoms with Gasteiger partial charge < -0.3 is 19.3 Å². The van der Waals surface area contributed by atoms with Gasteiger partial charge in [-0.05, 0) is 29.8 Å². The topological polar surface area (TPSA) is 99.4 Å². The molecule has 0 saturated heterocycles. The molecule has 0 spiro atoms. The Kier molecular flexibility index (Phi) is 5.93. The zero-order chi connectivity index (χ0) is 21.1. The Morgan fingerprint density at radius 2 is 1.90 bits per heavy atom. The first kappa shape index (κ1) is 20.5. The smallest absolute Gasteiger partial charge is 0.306 e. The summed E-state index contributed by atoms with van der Waals surface area (Å²) >= 11 is 6.00. The lowest BCUT2D eigenvalue weighted by Gasteiger charge is -2.19. The first-order valence-electron chi connectivity index (χ1n) is 8.59. The minimum atomic E-state index is -0.835. The van der Waals surface area contributed by atoms with Gasteiger partial charge in [-0.2, -0.15) is 4.98 Å². The molecule has 0 radical (unpaired) electrons. The number of carbonyl (C=O) groups excluding carboxylic acids is 1. The van der Waals surface area contributed by atoms with Gasteiger partial charge in [-0.25, -0.2) is 0 Å². The molecule has 0 amide bonds. The second-order valence-corrected chi connectivity index (χ2v) is 6.61. The Hall–Kier alpha value is -3.26. The van der Waals surface area contributed by atoms with Crippen LogP contribution in [-0.4, -0.2) is 41.8 Å². The molecule has 0 aliphatic rings. The Labute approximate surface area is 171 Å². The highest BCUT2D eigenvalue weighted by Crippen LogP contribution is 2.36. The van der Waals surface area contributed by atoms with Crippen molar-refractivity contribution in [3.8, 4) is 17.4 Å². The monoisotopic (exact) mass is 418 g/mol. The predicted octanol–water partition coefficient (Wildman–Crippen LogP) is 2.77. The van der Waals surface area contributed by atoms with Gasteiger partial charge in [0.1, 0.15) is 5.65 Å². The van der Waals surface area contributed by atoms with E-state index in [0.717, 1.165) is 0 Å². The Bertz CT molecular complexity index is 1130. The molecule has 1 unspecified atom stereocenters. The van der Waals surface area contributed by atoms with E-state index in [1.54, 1.807) is 24.3 Å². The molecule has 9 heteroatoms. The van der Waals surface area contributed by atoms with Gasteiger partial charge in [-0.3, -0.25) is 14.0 Å². The van der Waals surface area contributed by atoms with Gasteiger partial charge in [0.2, 0.25) is 5.88 Å². The Morgan fingerprint density at radius 1 is 1.17 bits per heavy atom. The number of hydrogen-bond donors (Lipinski definition) is 1. The number of aromatic hydroxyl groups is 1. The van der Waals surface area contributed by atoms with E-state index < -0.39 is 23.3 Å². The number of esters is 1. The van der Waals surface area contributed by atoms with Crippen LogP contribution >= 0.6 is 11.6 Å². The quantitative estimate of drug-likeness (QED) is 0.614. The molecule has 0 aliphatic heterocycles. The molecule has 152 valence electrons. The van der Waals surface area contributed by atoms with Crippen LogP contribution in [0.5, 0.6) is 17.4 Å². The second kappa shape index (κ2) is 8.40. The van der Waals surface area contributed by atoms with E-state index in [-0.39, 0.29) is 17.6 Å². The zero-order valence-electron chi connectivity index (χ0n) is 16.0. The summed E-state index contributed by atoms with van der Waals surface area (Å²) in [6.07, 6.45) is 1.21. The minimum Gasteiger partial charge on any atom is -0.493 e. The summed E-state index contributed by atoms with van der Waals surface area (Å²) in [5.41, 5.74) is 0.176. The lowest BCUT2D eigenvalue weighted by atomic mass is 9.89. The van der Waals surface area contributed by atoms with Gasteiger partial charge in [-0.1, -0.05) is 17.7 Å². The highest BCUT2D eigenvalue weighted by Gasteiger charge is 2.28. The van der Waals surface area contributed by atoms with E-state index in [9.17, 15) is 14.7 Å². The number of ether oxygens (including phenoxy) is 3. The van der Waals surface area contributed by atoms with Crippen molar-refractivity contribution in [3.05, 3.63) is 63.0 Å². The predicted molar refractivity (Wildman–Crippen MR) is 106 cm³/mol. The average molecular weight is 419 g/mol. The standard InChI is InChI=1S/C20H19ClN2O6/c1-27-14-6-4-11(8-15(14)28-2)13(9-17(24)29-3)18-19(25)22-16-7-5-12(21)10-23(16)20(18)26/h4-8,10,13,25H,9H2,1-3H3. The number of carbonyl (C=O) groups is 1. The molecule has 3 aromatic rings. The largest absolute Gasteiger partial charge is 0.493 e. The molecular formula is C20H19ClN2O6. The van der Waals surface area contributed by atoms with Crippen molar-refractivity contribution in [1.82, 2.24) is 9.38 Å². The average Bonchev–Trinajstić information content (AvgIpc) is 2.72. The summed E-state index contributed by atoms with van der Waals surface area (Å²) in [4.78, 5) is 29.3. The molecule has 0 aliphatic carbocycles. The number of nitrogens with zero attached hydrogens (tertiary/aromatic N) is 2. The number of halogens is 1. The first-order valence-corrected chi connectivity index (χ1v) is 8.97. The van der Waals surface area contributed by atoms with Crippen molar-refractivity contribution < 1.29 is 24.1 Å². The lowest BCUT2D eigenvalue weighted by molar-refractivity contribution is -0.140. The molecular weight excluding hydrogens is 400 g/mol. The molecule has 2 aromatic heterocycles. The summed E-state index contributed by atoms with van der Waals surface area (Å²) < 4.78 is 16.6.